The van der Waals surface area contributed by atoms with Crippen molar-refractivity contribution < 1.29 is 0 Å². The van der Waals surface area contributed by atoms with Crippen molar-refractivity contribution in [1.29, 1.82) is 0 Å². The molecule has 0 saturated carbocycles. The Morgan fingerprint density at radius 2 is 2.25 bits per heavy atom. The lowest BCUT2D eigenvalue weighted by molar-refractivity contribution is 0.528. The second-order valence-electron chi connectivity index (χ2n) is 2.20. The Balaban J connectivity index is 2.86. The van der Waals surface area contributed by atoms with E-state index in [9.17, 15) is 0 Å². The molecule has 0 spiro atoms. The van der Waals surface area contributed by atoms with Crippen LogP contribution in [0.4, 0.5) is 0 Å². The maximum Gasteiger partial charge on any atom is -0.00233 e. The average molecular weight is 114 g/mol. The number of rotatable bonds is 4. The number of hydrogen-bond acceptors (Lipinski definition) is 1. The highest BCUT2D eigenvalue weighted by atomic mass is 14.8. The summed E-state index contributed by atoms with van der Waals surface area (Å²) in [5.41, 5.74) is 0. The van der Waals surface area contributed by atoms with Gasteiger partial charge in [-0.1, -0.05) is 20.8 Å². The van der Waals surface area contributed by atoms with Crippen LogP contribution in [0.2, 0.25) is 0 Å². The molecule has 1 radical (unpaired) electrons. The third-order valence-electron chi connectivity index (χ3n) is 1.24. The molecule has 1 N–H and O–H groups in total. The Kier molecular flexibility index (Phi) is 5.08. The number of nitrogens with one attached hydrogen (secondary N) is 1. The van der Waals surface area contributed by atoms with E-state index in [1.807, 2.05) is 0 Å². The fraction of sp³-hybridized carbons (Fsp3) is 0.857. The van der Waals surface area contributed by atoms with Gasteiger partial charge < -0.3 is 5.32 Å². The Bertz CT molecular complexity index is 43.7. The summed E-state index contributed by atoms with van der Waals surface area (Å²) in [7, 11) is 0. The van der Waals surface area contributed by atoms with E-state index in [2.05, 4.69) is 26.1 Å². The predicted molar refractivity (Wildman–Crippen MR) is 37.7 cm³/mol. The van der Waals surface area contributed by atoms with Crippen LogP contribution in [-0.2, 0) is 0 Å². The van der Waals surface area contributed by atoms with E-state index in [0.717, 1.165) is 25.4 Å². The van der Waals surface area contributed by atoms with Gasteiger partial charge in [-0.3, -0.25) is 0 Å². The Hall–Kier alpha value is -0.0400. The van der Waals surface area contributed by atoms with Crippen molar-refractivity contribution in [3.8, 4) is 0 Å². The van der Waals surface area contributed by atoms with E-state index in [4.69, 9.17) is 0 Å². The van der Waals surface area contributed by atoms with Gasteiger partial charge in [0.15, 0.2) is 0 Å². The van der Waals surface area contributed by atoms with E-state index >= 15 is 0 Å². The van der Waals surface area contributed by atoms with E-state index in [0.29, 0.717) is 0 Å². The van der Waals surface area contributed by atoms with Gasteiger partial charge in [-0.05, 0) is 25.4 Å². The first-order valence-corrected chi connectivity index (χ1v) is 3.31. The van der Waals surface area contributed by atoms with Crippen LogP contribution in [0.1, 0.15) is 20.3 Å². The quantitative estimate of drug-likeness (QED) is 0.583. The van der Waals surface area contributed by atoms with Crippen molar-refractivity contribution in [2.24, 2.45) is 5.92 Å². The molecule has 0 aromatic heterocycles. The van der Waals surface area contributed by atoms with E-state index in [-0.39, 0.29) is 0 Å². The van der Waals surface area contributed by atoms with Gasteiger partial charge in [0.25, 0.3) is 0 Å². The summed E-state index contributed by atoms with van der Waals surface area (Å²) < 4.78 is 0. The first kappa shape index (κ1) is 7.96. The number of hydrogen-bond donors (Lipinski definition) is 1. The monoisotopic (exact) mass is 114 g/mol. The third kappa shape index (κ3) is 4.13. The molecule has 0 aromatic carbocycles. The first-order chi connectivity index (χ1) is 3.81. The summed E-state index contributed by atoms with van der Waals surface area (Å²) in [6, 6.07) is 0. The largest absolute Gasteiger partial charge is 0.317 e. The van der Waals surface area contributed by atoms with Crippen LogP contribution in [0.25, 0.3) is 0 Å². The minimum Gasteiger partial charge on any atom is -0.317 e. The van der Waals surface area contributed by atoms with Crippen LogP contribution in [0, 0.1) is 12.8 Å². The maximum absolute atomic E-state index is 3.80. The van der Waals surface area contributed by atoms with Crippen LogP contribution < -0.4 is 5.32 Å². The lowest BCUT2D eigenvalue weighted by Gasteiger charge is -2.06. The molecule has 0 aromatic rings. The summed E-state index contributed by atoms with van der Waals surface area (Å²) in [6.07, 6.45) is 1.03. The van der Waals surface area contributed by atoms with E-state index in [1.165, 1.54) is 0 Å². The molecule has 0 bridgehead atoms. The van der Waals surface area contributed by atoms with Crippen LogP contribution in [0.5, 0.6) is 0 Å². The van der Waals surface area contributed by atoms with Crippen molar-refractivity contribution in [3.63, 3.8) is 0 Å². The highest BCUT2D eigenvalue weighted by Crippen LogP contribution is 1.95. The maximum atomic E-state index is 3.80. The molecular formula is C7H16N. The van der Waals surface area contributed by atoms with Crippen molar-refractivity contribution in [3.05, 3.63) is 6.92 Å². The highest BCUT2D eigenvalue weighted by Gasteiger charge is 1.93. The minimum absolute atomic E-state index is 0.731. The first-order valence-electron chi connectivity index (χ1n) is 3.31. The molecule has 0 saturated heterocycles. The molecule has 1 heteroatoms. The minimum atomic E-state index is 0.731. The van der Waals surface area contributed by atoms with Gasteiger partial charge in [0.1, 0.15) is 0 Å². The predicted octanol–water partition coefficient (Wildman–Crippen LogP) is 1.46. The zero-order valence-corrected chi connectivity index (χ0v) is 5.91. The zero-order chi connectivity index (χ0) is 6.41. The molecule has 0 amide bonds. The Morgan fingerprint density at radius 1 is 1.62 bits per heavy atom. The van der Waals surface area contributed by atoms with Crippen molar-refractivity contribution in [1.82, 2.24) is 5.32 Å². The van der Waals surface area contributed by atoms with E-state index in [1.54, 1.807) is 0 Å². The highest BCUT2D eigenvalue weighted by molar-refractivity contribution is 4.55. The molecule has 0 aliphatic carbocycles. The van der Waals surface area contributed by atoms with Crippen LogP contribution >= 0.6 is 0 Å². The van der Waals surface area contributed by atoms with E-state index < -0.39 is 0 Å². The van der Waals surface area contributed by atoms with Crippen molar-refractivity contribution >= 4 is 0 Å². The smallest absolute Gasteiger partial charge is 0.00233 e. The third-order valence-corrected chi connectivity index (χ3v) is 1.24. The lowest BCUT2D eigenvalue weighted by Crippen LogP contribution is -2.19. The molecule has 8 heavy (non-hydrogen) atoms. The normalized spacial score (nSPS) is 13.9. The second-order valence-corrected chi connectivity index (χ2v) is 2.20. The fourth-order valence-electron chi connectivity index (χ4n) is 0.493. The van der Waals surface area contributed by atoms with Crippen molar-refractivity contribution in [2.75, 3.05) is 13.1 Å². The van der Waals surface area contributed by atoms with Gasteiger partial charge >= 0.3 is 0 Å². The summed E-state index contributed by atoms with van der Waals surface area (Å²) in [4.78, 5) is 0. The molecule has 0 heterocycles. The standard InChI is InChI=1S/C7H16N/c1-4-7(3)6-8-5-2/h7-8H,1,4-6H2,2-3H3. The van der Waals surface area contributed by atoms with Crippen LogP contribution in [0.3, 0.4) is 0 Å². The lowest BCUT2D eigenvalue weighted by atomic mass is 10.1. The molecular weight excluding hydrogens is 98.1 g/mol. The van der Waals surface area contributed by atoms with Crippen LogP contribution in [0.15, 0.2) is 0 Å². The summed E-state index contributed by atoms with van der Waals surface area (Å²) >= 11 is 0. The van der Waals surface area contributed by atoms with Crippen molar-refractivity contribution in [2.45, 2.75) is 20.3 Å². The van der Waals surface area contributed by atoms with Gasteiger partial charge in [-0.25, -0.2) is 0 Å². The molecule has 0 aliphatic rings. The topological polar surface area (TPSA) is 12.0 Å². The van der Waals surface area contributed by atoms with Gasteiger partial charge in [-0.2, -0.15) is 0 Å². The molecule has 0 aliphatic heterocycles. The summed E-state index contributed by atoms with van der Waals surface area (Å²) in [5, 5.41) is 3.26. The molecule has 1 nitrogen and oxygen atoms in total. The van der Waals surface area contributed by atoms with Gasteiger partial charge in [0, 0.05) is 0 Å². The SMILES string of the molecule is [CH2]CC(C)CNCC. The van der Waals surface area contributed by atoms with Gasteiger partial charge in [0.05, 0.1) is 0 Å². The fourth-order valence-corrected chi connectivity index (χ4v) is 0.493. The molecule has 1 atom stereocenters. The summed E-state index contributed by atoms with van der Waals surface area (Å²) in [5.74, 6) is 0.731. The van der Waals surface area contributed by atoms with Crippen LogP contribution in [-0.4, -0.2) is 13.1 Å². The molecule has 0 rings (SSSR count). The Morgan fingerprint density at radius 3 is 2.62 bits per heavy atom. The second kappa shape index (κ2) is 5.10. The van der Waals surface area contributed by atoms with Gasteiger partial charge in [-0.15, -0.1) is 0 Å². The molecule has 49 valence electrons. The zero-order valence-electron chi connectivity index (χ0n) is 5.91. The Labute approximate surface area is 52.5 Å². The average Bonchev–Trinajstić information content (AvgIpc) is 1.83. The molecule has 1 unspecified atom stereocenters. The summed E-state index contributed by atoms with van der Waals surface area (Å²) in [6.45, 7) is 10.3. The van der Waals surface area contributed by atoms with Gasteiger partial charge in [0.2, 0.25) is 0 Å². The molecule has 0 fully saturated rings.